The Kier molecular flexibility index (Phi) is 8.35. The van der Waals surface area contributed by atoms with E-state index < -0.39 is 5.41 Å². The molecule has 0 fully saturated rings. The van der Waals surface area contributed by atoms with Crippen LogP contribution in [0.25, 0.3) is 55.6 Å². The van der Waals surface area contributed by atoms with E-state index in [1.54, 1.807) is 0 Å². The second-order valence-electron chi connectivity index (χ2n) is 19.8. The van der Waals surface area contributed by atoms with Gasteiger partial charge in [0, 0.05) is 22.4 Å². The number of hydrogen-bond donors (Lipinski definition) is 0. The lowest BCUT2D eigenvalue weighted by atomic mass is 9.68. The zero-order valence-electron chi connectivity index (χ0n) is 37.5. The SMILES string of the molecule is Cc1ccc2c(c1)C1(c3cc(C(C)(C)C)ccc3-2)c2ccccc2-c2cccc(N(c3ccc(-c4ccccc4)cc3)c3ccc(-c4ccc5c(c4)C(C)(C)c4ccccc4-5)cc3)c21. The van der Waals surface area contributed by atoms with Crippen LogP contribution in [0.5, 0.6) is 0 Å². The van der Waals surface area contributed by atoms with E-state index in [9.17, 15) is 0 Å². The predicted molar refractivity (Wildman–Crippen MR) is 269 cm³/mol. The van der Waals surface area contributed by atoms with E-state index in [1.807, 2.05) is 0 Å². The molecular weight excluding hydrogens is 771 g/mol. The van der Waals surface area contributed by atoms with Crippen LogP contribution < -0.4 is 4.90 Å². The highest BCUT2D eigenvalue weighted by molar-refractivity contribution is 6.00. The summed E-state index contributed by atoms with van der Waals surface area (Å²) < 4.78 is 0. The predicted octanol–water partition coefficient (Wildman–Crippen LogP) is 16.7. The van der Waals surface area contributed by atoms with Crippen molar-refractivity contribution in [1.29, 1.82) is 0 Å². The highest BCUT2D eigenvalue weighted by Crippen LogP contribution is 2.66. The monoisotopic (exact) mass is 821 g/mol. The van der Waals surface area contributed by atoms with E-state index in [1.165, 1.54) is 106 Å². The number of anilines is 3. The van der Waals surface area contributed by atoms with Crippen molar-refractivity contribution in [1.82, 2.24) is 0 Å². The van der Waals surface area contributed by atoms with E-state index in [4.69, 9.17) is 0 Å². The summed E-state index contributed by atoms with van der Waals surface area (Å²) in [5, 5.41) is 0. The van der Waals surface area contributed by atoms with Crippen molar-refractivity contribution in [2.75, 3.05) is 4.90 Å². The molecule has 1 atom stereocenters. The van der Waals surface area contributed by atoms with Crippen LogP contribution in [0, 0.1) is 6.92 Å². The highest BCUT2D eigenvalue weighted by atomic mass is 15.1. The van der Waals surface area contributed by atoms with Gasteiger partial charge in [0.2, 0.25) is 0 Å². The highest BCUT2D eigenvalue weighted by Gasteiger charge is 2.53. The summed E-state index contributed by atoms with van der Waals surface area (Å²) in [6.07, 6.45) is 0. The Labute approximate surface area is 378 Å². The summed E-state index contributed by atoms with van der Waals surface area (Å²) in [6.45, 7) is 14.0. The van der Waals surface area contributed by atoms with Crippen molar-refractivity contribution < 1.29 is 0 Å². The minimum absolute atomic E-state index is 0.0196. The van der Waals surface area contributed by atoms with Crippen molar-refractivity contribution in [2.24, 2.45) is 0 Å². The zero-order valence-corrected chi connectivity index (χ0v) is 37.5. The molecule has 9 aromatic carbocycles. The minimum atomic E-state index is -0.530. The lowest BCUT2D eigenvalue weighted by Gasteiger charge is -2.36. The van der Waals surface area contributed by atoms with Gasteiger partial charge < -0.3 is 4.90 Å². The van der Waals surface area contributed by atoms with Gasteiger partial charge in [-0.15, -0.1) is 0 Å². The maximum Gasteiger partial charge on any atom is 0.0746 e. The third-order valence-electron chi connectivity index (χ3n) is 14.7. The number of aryl methyl sites for hydroxylation is 1. The standard InChI is InChI=1S/C63H51N/c1-40-23-34-51-52-36-29-45(61(2,3)4)39-58(52)63(57(51)37-40)55-21-13-11-18-49(55)53-19-14-22-59(60(53)63)64(46-30-24-42(25-31-46)41-15-8-7-9-16-41)47-32-26-43(27-33-47)44-28-35-50-48-17-10-12-20-54(48)62(5,6)56(50)38-44/h7-39H,1-6H3. The topological polar surface area (TPSA) is 3.24 Å². The summed E-state index contributed by atoms with van der Waals surface area (Å²) in [7, 11) is 0. The fourth-order valence-corrected chi connectivity index (χ4v) is 11.5. The molecule has 0 amide bonds. The van der Waals surface area contributed by atoms with Gasteiger partial charge in [-0.1, -0.05) is 204 Å². The first kappa shape index (κ1) is 38.5. The van der Waals surface area contributed by atoms with Crippen molar-refractivity contribution in [2.45, 2.75) is 57.8 Å². The van der Waals surface area contributed by atoms with Crippen LogP contribution in [0.15, 0.2) is 200 Å². The molecule has 0 heterocycles. The van der Waals surface area contributed by atoms with E-state index >= 15 is 0 Å². The van der Waals surface area contributed by atoms with Crippen molar-refractivity contribution in [3.8, 4) is 55.6 Å². The second-order valence-corrected chi connectivity index (χ2v) is 19.8. The van der Waals surface area contributed by atoms with Crippen LogP contribution in [0.2, 0.25) is 0 Å². The van der Waals surface area contributed by atoms with Gasteiger partial charge in [0.15, 0.2) is 0 Å². The third-order valence-corrected chi connectivity index (χ3v) is 14.7. The summed E-state index contributed by atoms with van der Waals surface area (Å²) in [5.41, 5.74) is 26.5. The Balaban J connectivity index is 1.08. The maximum atomic E-state index is 2.54. The molecule has 0 aromatic heterocycles. The molecule has 12 rings (SSSR count). The molecule has 1 spiro atoms. The van der Waals surface area contributed by atoms with Crippen LogP contribution in [0.3, 0.4) is 0 Å². The fourth-order valence-electron chi connectivity index (χ4n) is 11.5. The first-order valence-corrected chi connectivity index (χ1v) is 22.8. The zero-order chi connectivity index (χ0) is 43.5. The molecule has 9 aromatic rings. The van der Waals surface area contributed by atoms with Crippen LogP contribution in [0.1, 0.15) is 79.1 Å². The van der Waals surface area contributed by atoms with Gasteiger partial charge in [-0.25, -0.2) is 0 Å². The van der Waals surface area contributed by atoms with Gasteiger partial charge in [-0.2, -0.15) is 0 Å². The molecule has 1 nitrogen and oxygen atoms in total. The molecule has 64 heavy (non-hydrogen) atoms. The molecule has 3 aliphatic rings. The average molecular weight is 822 g/mol. The summed E-state index contributed by atoms with van der Waals surface area (Å²) in [6, 6.07) is 75.8. The summed E-state index contributed by atoms with van der Waals surface area (Å²) >= 11 is 0. The number of hydrogen-bond acceptors (Lipinski definition) is 1. The molecule has 0 radical (unpaired) electrons. The number of fused-ring (bicyclic) bond motifs is 13. The number of rotatable bonds is 5. The lowest BCUT2D eigenvalue weighted by molar-refractivity contribution is 0.588. The normalized spacial score (nSPS) is 15.8. The molecular formula is C63H51N. The van der Waals surface area contributed by atoms with E-state index in [-0.39, 0.29) is 10.8 Å². The van der Waals surface area contributed by atoms with Crippen molar-refractivity contribution in [3.05, 3.63) is 245 Å². The summed E-state index contributed by atoms with van der Waals surface area (Å²) in [4.78, 5) is 2.52. The Morgan fingerprint density at radius 2 is 0.875 bits per heavy atom. The Morgan fingerprint density at radius 3 is 1.56 bits per heavy atom. The summed E-state index contributed by atoms with van der Waals surface area (Å²) in [5.74, 6) is 0. The maximum absolute atomic E-state index is 2.54. The van der Waals surface area contributed by atoms with Crippen LogP contribution >= 0.6 is 0 Å². The first-order chi connectivity index (χ1) is 31.0. The number of nitrogens with zero attached hydrogens (tertiary/aromatic N) is 1. The van der Waals surface area contributed by atoms with E-state index in [2.05, 4.69) is 247 Å². The van der Waals surface area contributed by atoms with Crippen LogP contribution in [-0.2, 0) is 16.2 Å². The third kappa shape index (κ3) is 5.50. The Bertz CT molecular complexity index is 3320. The fraction of sp³-hybridized carbons (Fsp3) is 0.143. The van der Waals surface area contributed by atoms with Gasteiger partial charge in [0.05, 0.1) is 11.1 Å². The van der Waals surface area contributed by atoms with Crippen LogP contribution in [0.4, 0.5) is 17.1 Å². The molecule has 0 aliphatic heterocycles. The number of benzene rings is 9. The smallest absolute Gasteiger partial charge is 0.0746 e. The van der Waals surface area contributed by atoms with Crippen molar-refractivity contribution in [3.63, 3.8) is 0 Å². The molecule has 0 saturated carbocycles. The molecule has 3 aliphatic carbocycles. The van der Waals surface area contributed by atoms with Crippen LogP contribution in [-0.4, -0.2) is 0 Å². The molecule has 0 N–H and O–H groups in total. The lowest BCUT2D eigenvalue weighted by Crippen LogP contribution is -2.29. The Morgan fingerprint density at radius 1 is 0.375 bits per heavy atom. The van der Waals surface area contributed by atoms with Gasteiger partial charge in [0.1, 0.15) is 0 Å². The molecule has 1 unspecified atom stereocenters. The largest absolute Gasteiger partial charge is 0.310 e. The first-order valence-electron chi connectivity index (χ1n) is 22.8. The van der Waals surface area contributed by atoms with E-state index in [0.717, 1.165) is 11.4 Å². The molecule has 308 valence electrons. The van der Waals surface area contributed by atoms with Gasteiger partial charge in [-0.05, 0) is 138 Å². The van der Waals surface area contributed by atoms with Crippen molar-refractivity contribution >= 4 is 17.1 Å². The van der Waals surface area contributed by atoms with Gasteiger partial charge in [-0.3, -0.25) is 0 Å². The molecule has 1 heteroatoms. The van der Waals surface area contributed by atoms with Gasteiger partial charge in [0.25, 0.3) is 0 Å². The quantitative estimate of drug-likeness (QED) is 0.167. The molecule has 0 bridgehead atoms. The Hall–Kier alpha value is -7.22. The average Bonchev–Trinajstić information content (AvgIpc) is 3.87. The second kappa shape index (κ2) is 13.9. The van der Waals surface area contributed by atoms with Gasteiger partial charge >= 0.3 is 0 Å². The minimum Gasteiger partial charge on any atom is -0.310 e. The molecule has 0 saturated heterocycles. The van der Waals surface area contributed by atoms with E-state index in [0.29, 0.717) is 0 Å².